The van der Waals surface area contributed by atoms with Crippen molar-refractivity contribution < 1.29 is 24.5 Å². The van der Waals surface area contributed by atoms with Gasteiger partial charge in [-0.15, -0.1) is 0 Å². The van der Waals surface area contributed by atoms with Gasteiger partial charge < -0.3 is 20.3 Å². The molecule has 0 aliphatic heterocycles. The van der Waals surface area contributed by atoms with Crippen LogP contribution in [0.4, 0.5) is 0 Å². The first kappa shape index (κ1) is 57.9. The van der Waals surface area contributed by atoms with Gasteiger partial charge in [0.2, 0.25) is 5.91 Å². The monoisotopic (exact) mass is 836 g/mol. The fourth-order valence-corrected chi connectivity index (χ4v) is 8.52. The number of hydrogen-bond acceptors (Lipinski definition) is 5. The van der Waals surface area contributed by atoms with Crippen molar-refractivity contribution in [3.8, 4) is 0 Å². The summed E-state index contributed by atoms with van der Waals surface area (Å²) in [5.74, 6) is -0.0350. The van der Waals surface area contributed by atoms with E-state index in [0.717, 1.165) is 44.9 Å². The van der Waals surface area contributed by atoms with Gasteiger partial charge in [0.25, 0.3) is 0 Å². The number of unbranched alkanes of at least 4 members (excludes halogenated alkanes) is 39. The van der Waals surface area contributed by atoms with Crippen molar-refractivity contribution >= 4 is 11.9 Å². The van der Waals surface area contributed by atoms with Crippen molar-refractivity contribution in [2.24, 2.45) is 0 Å². The maximum Gasteiger partial charge on any atom is 0.305 e. The number of aliphatic hydroxyl groups excluding tert-OH is 2. The second kappa shape index (κ2) is 49.5. The summed E-state index contributed by atoms with van der Waals surface area (Å²) < 4.78 is 5.47. The molecule has 0 aromatic carbocycles. The summed E-state index contributed by atoms with van der Waals surface area (Å²) in [6.07, 6.45) is 55.0. The number of amides is 1. The average molecular weight is 836 g/mol. The Morgan fingerprint density at radius 2 is 0.695 bits per heavy atom. The van der Waals surface area contributed by atoms with Gasteiger partial charge in [0.15, 0.2) is 0 Å². The normalized spacial score (nSPS) is 12.5. The van der Waals surface area contributed by atoms with E-state index in [1.165, 1.54) is 225 Å². The van der Waals surface area contributed by atoms with Crippen LogP contribution in [0.2, 0.25) is 0 Å². The van der Waals surface area contributed by atoms with E-state index in [4.69, 9.17) is 4.74 Å². The molecule has 59 heavy (non-hydrogen) atoms. The Balaban J connectivity index is 3.40. The molecule has 3 N–H and O–H groups in total. The minimum Gasteiger partial charge on any atom is -0.466 e. The van der Waals surface area contributed by atoms with Crippen LogP contribution in [0.25, 0.3) is 0 Å². The van der Waals surface area contributed by atoms with Crippen LogP contribution in [0.15, 0.2) is 0 Å². The lowest BCUT2D eigenvalue weighted by molar-refractivity contribution is -0.143. The summed E-state index contributed by atoms with van der Waals surface area (Å²) in [5.41, 5.74) is 0. The molecule has 0 aliphatic rings. The van der Waals surface area contributed by atoms with Gasteiger partial charge >= 0.3 is 5.97 Å². The van der Waals surface area contributed by atoms with Crippen molar-refractivity contribution in [2.45, 2.75) is 315 Å². The highest BCUT2D eigenvalue weighted by Crippen LogP contribution is 2.17. The van der Waals surface area contributed by atoms with Crippen LogP contribution in [0.1, 0.15) is 303 Å². The van der Waals surface area contributed by atoms with Crippen LogP contribution < -0.4 is 5.32 Å². The van der Waals surface area contributed by atoms with E-state index in [-0.39, 0.29) is 18.5 Å². The number of carbonyl (C=O) groups is 2. The molecule has 2 atom stereocenters. The number of nitrogens with one attached hydrogen (secondary N) is 1. The first-order valence-corrected chi connectivity index (χ1v) is 26.8. The quantitative estimate of drug-likeness (QED) is 0.0419. The zero-order valence-electron chi connectivity index (χ0n) is 40.0. The first-order chi connectivity index (χ1) is 29.0. The molecule has 2 unspecified atom stereocenters. The third-order valence-corrected chi connectivity index (χ3v) is 12.7. The number of aliphatic hydroxyl groups is 2. The smallest absolute Gasteiger partial charge is 0.305 e. The van der Waals surface area contributed by atoms with Gasteiger partial charge in [0.05, 0.1) is 25.4 Å². The zero-order valence-corrected chi connectivity index (χ0v) is 40.0. The molecule has 0 aromatic heterocycles. The summed E-state index contributed by atoms with van der Waals surface area (Å²) in [7, 11) is 0. The van der Waals surface area contributed by atoms with Crippen molar-refractivity contribution in [3.63, 3.8) is 0 Å². The van der Waals surface area contributed by atoms with Crippen LogP contribution in [0.5, 0.6) is 0 Å². The largest absolute Gasteiger partial charge is 0.466 e. The van der Waals surface area contributed by atoms with Crippen molar-refractivity contribution in [3.05, 3.63) is 0 Å². The summed E-state index contributed by atoms with van der Waals surface area (Å²) in [5, 5.41) is 23.2. The Kier molecular flexibility index (Phi) is 48.6. The summed E-state index contributed by atoms with van der Waals surface area (Å²) >= 11 is 0. The lowest BCUT2D eigenvalue weighted by Crippen LogP contribution is -2.45. The number of ether oxygens (including phenoxy) is 1. The molecule has 0 aliphatic carbocycles. The molecule has 0 heterocycles. The van der Waals surface area contributed by atoms with E-state index in [2.05, 4.69) is 19.2 Å². The van der Waals surface area contributed by atoms with E-state index in [1.807, 2.05) is 0 Å². The molecule has 0 aromatic rings. The maximum atomic E-state index is 12.4. The molecule has 0 radical (unpaired) electrons. The maximum absolute atomic E-state index is 12.4. The van der Waals surface area contributed by atoms with Gasteiger partial charge in [-0.25, -0.2) is 0 Å². The third-order valence-electron chi connectivity index (χ3n) is 12.7. The fourth-order valence-electron chi connectivity index (χ4n) is 8.52. The Labute approximate surface area is 368 Å². The zero-order chi connectivity index (χ0) is 43.0. The topological polar surface area (TPSA) is 95.9 Å². The van der Waals surface area contributed by atoms with Crippen LogP contribution >= 0.6 is 0 Å². The van der Waals surface area contributed by atoms with Crippen LogP contribution in [-0.2, 0) is 14.3 Å². The van der Waals surface area contributed by atoms with Gasteiger partial charge in [-0.05, 0) is 25.7 Å². The number of hydrogen-bond donors (Lipinski definition) is 3. The molecule has 0 spiro atoms. The predicted octanol–water partition coefficient (Wildman–Crippen LogP) is 16.0. The van der Waals surface area contributed by atoms with Crippen LogP contribution in [-0.4, -0.2) is 47.4 Å². The number of rotatable bonds is 50. The van der Waals surface area contributed by atoms with E-state index in [9.17, 15) is 19.8 Å². The highest BCUT2D eigenvalue weighted by Gasteiger charge is 2.20. The fraction of sp³-hybridized carbons (Fsp3) is 0.962. The van der Waals surface area contributed by atoms with Crippen LogP contribution in [0, 0.1) is 0 Å². The van der Waals surface area contributed by atoms with Crippen molar-refractivity contribution in [2.75, 3.05) is 13.2 Å². The second-order valence-corrected chi connectivity index (χ2v) is 18.6. The molecule has 6 nitrogen and oxygen atoms in total. The van der Waals surface area contributed by atoms with Crippen molar-refractivity contribution in [1.29, 1.82) is 0 Å². The van der Waals surface area contributed by atoms with Gasteiger partial charge in [0, 0.05) is 12.8 Å². The SMILES string of the molecule is CCCCCCCCCCCCCCCC(=O)OCCCCCCCCCCCCCCCCCCC(=O)NC(CO)C(O)CCCCCCCCCCCCCCC. The molecule has 6 heteroatoms. The average Bonchev–Trinajstić information content (AvgIpc) is 3.24. The molecule has 0 saturated carbocycles. The van der Waals surface area contributed by atoms with Gasteiger partial charge in [-0.2, -0.15) is 0 Å². The molecular weight excluding hydrogens is 731 g/mol. The third kappa shape index (κ3) is 46.2. The van der Waals surface area contributed by atoms with Gasteiger partial charge in [0.1, 0.15) is 0 Å². The van der Waals surface area contributed by atoms with Crippen LogP contribution in [0.3, 0.4) is 0 Å². The van der Waals surface area contributed by atoms with E-state index < -0.39 is 12.1 Å². The second-order valence-electron chi connectivity index (χ2n) is 18.6. The molecule has 0 saturated heterocycles. The Morgan fingerprint density at radius 1 is 0.407 bits per heavy atom. The van der Waals surface area contributed by atoms with Gasteiger partial charge in [-0.3, -0.25) is 9.59 Å². The number of esters is 1. The Bertz CT molecular complexity index is 837. The van der Waals surface area contributed by atoms with E-state index >= 15 is 0 Å². The molecule has 352 valence electrons. The highest BCUT2D eigenvalue weighted by molar-refractivity contribution is 5.76. The van der Waals surface area contributed by atoms with E-state index in [1.54, 1.807) is 0 Å². The first-order valence-electron chi connectivity index (χ1n) is 26.8. The molecule has 0 bridgehead atoms. The molecule has 1 amide bonds. The van der Waals surface area contributed by atoms with E-state index in [0.29, 0.717) is 25.9 Å². The predicted molar refractivity (Wildman–Crippen MR) is 255 cm³/mol. The lowest BCUT2D eigenvalue weighted by Gasteiger charge is -2.22. The summed E-state index contributed by atoms with van der Waals surface area (Å²) in [6, 6.07) is -0.544. The molecule has 0 rings (SSSR count). The number of carbonyl (C=O) groups excluding carboxylic acids is 2. The highest BCUT2D eigenvalue weighted by atomic mass is 16.5. The minimum absolute atomic E-state index is 0.00528. The summed E-state index contributed by atoms with van der Waals surface area (Å²) in [4.78, 5) is 24.5. The lowest BCUT2D eigenvalue weighted by atomic mass is 10.0. The van der Waals surface area contributed by atoms with Crippen molar-refractivity contribution in [1.82, 2.24) is 5.32 Å². The standard InChI is InChI=1S/C53H105NO5/c1-3-5-7-9-11-13-15-21-25-29-33-37-41-45-51(56)50(49-55)54-52(57)46-42-38-34-30-26-23-19-17-18-20-24-28-32-36-40-44-48-59-53(58)47-43-39-35-31-27-22-16-14-12-10-8-6-4-2/h50-51,55-56H,3-49H2,1-2H3,(H,54,57). The Morgan fingerprint density at radius 3 is 1.03 bits per heavy atom. The Hall–Kier alpha value is -1.14. The van der Waals surface area contributed by atoms with Gasteiger partial charge in [-0.1, -0.05) is 264 Å². The minimum atomic E-state index is -0.666. The summed E-state index contributed by atoms with van der Waals surface area (Å²) in [6.45, 7) is 4.95. The molecule has 0 fully saturated rings. The molecular formula is C53H105NO5.